The van der Waals surface area contributed by atoms with Crippen LogP contribution < -0.4 is 0 Å². The minimum absolute atomic E-state index is 0.621. The second kappa shape index (κ2) is 12.2. The van der Waals surface area contributed by atoms with Gasteiger partial charge in [-0.3, -0.25) is 0 Å². The molecule has 0 atom stereocenters. The third-order valence-corrected chi connectivity index (χ3v) is 8.97. The Morgan fingerprint density at radius 1 is 0.286 bits per heavy atom. The molecule has 0 radical (unpaired) electrons. The van der Waals surface area contributed by atoms with Crippen LogP contribution in [0.25, 0.3) is 89.5 Å². The van der Waals surface area contributed by atoms with Crippen molar-refractivity contribution in [2.75, 3.05) is 0 Å². The Bertz CT molecular complexity index is 2590. The van der Waals surface area contributed by atoms with Crippen LogP contribution in [-0.4, -0.2) is 15.0 Å². The number of para-hydroxylation sites is 1. The Morgan fingerprint density at radius 2 is 0.796 bits per heavy atom. The Hall–Kier alpha value is -6.65. The molecule has 9 aromatic rings. The maximum atomic E-state index is 6.06. The zero-order chi connectivity index (χ0) is 32.6. The summed E-state index contributed by atoms with van der Waals surface area (Å²) in [6.45, 7) is 0. The summed E-state index contributed by atoms with van der Waals surface area (Å²) in [7, 11) is 0. The first kappa shape index (κ1) is 28.6. The molecule has 9 rings (SSSR count). The highest BCUT2D eigenvalue weighted by atomic mass is 16.3. The third kappa shape index (κ3) is 5.45. The lowest BCUT2D eigenvalue weighted by Crippen LogP contribution is -2.01. The van der Waals surface area contributed by atoms with E-state index < -0.39 is 0 Å². The molecular formula is C45H29N3O. The Kier molecular flexibility index (Phi) is 7.10. The molecule has 230 valence electrons. The van der Waals surface area contributed by atoms with Crippen molar-refractivity contribution in [2.45, 2.75) is 0 Å². The molecular weight excluding hydrogens is 599 g/mol. The standard InChI is InChI=1S/C45H29N3O/c1-3-12-30(13-4-1)34-16-11-17-36(28-34)44-46-43(47-45(48-44)39-20-8-7-18-37(39)32-14-5-2-6-15-32)33-24-22-31(23-25-33)35-26-27-42-40(29-35)38-19-9-10-21-41(38)49-42/h1-29H. The van der Waals surface area contributed by atoms with Gasteiger partial charge in [0.25, 0.3) is 0 Å². The van der Waals surface area contributed by atoms with Gasteiger partial charge in [0.2, 0.25) is 0 Å². The molecule has 7 aromatic carbocycles. The quantitative estimate of drug-likeness (QED) is 0.184. The predicted octanol–water partition coefficient (Wildman–Crippen LogP) is 11.8. The Labute approximate surface area is 284 Å². The smallest absolute Gasteiger partial charge is 0.164 e. The van der Waals surface area contributed by atoms with Crippen LogP contribution in [0.15, 0.2) is 180 Å². The molecule has 4 heteroatoms. The maximum absolute atomic E-state index is 6.06. The van der Waals surface area contributed by atoms with Gasteiger partial charge in [0.15, 0.2) is 17.5 Å². The van der Waals surface area contributed by atoms with Crippen molar-refractivity contribution >= 4 is 21.9 Å². The first-order chi connectivity index (χ1) is 24.3. The zero-order valence-electron chi connectivity index (χ0n) is 26.5. The molecule has 0 aliphatic carbocycles. The number of fused-ring (bicyclic) bond motifs is 3. The monoisotopic (exact) mass is 627 g/mol. The van der Waals surface area contributed by atoms with Crippen LogP contribution in [-0.2, 0) is 0 Å². The second-order valence-corrected chi connectivity index (χ2v) is 12.1. The topological polar surface area (TPSA) is 51.8 Å². The lowest BCUT2D eigenvalue weighted by atomic mass is 9.99. The van der Waals surface area contributed by atoms with Gasteiger partial charge in [-0.05, 0) is 57.6 Å². The van der Waals surface area contributed by atoms with Crippen LogP contribution in [0.3, 0.4) is 0 Å². The molecule has 0 spiro atoms. The molecule has 0 saturated carbocycles. The average molecular weight is 628 g/mol. The summed E-state index contributed by atoms with van der Waals surface area (Å²) in [6.07, 6.45) is 0. The minimum atomic E-state index is 0.621. The van der Waals surface area contributed by atoms with Crippen LogP contribution in [0.1, 0.15) is 0 Å². The summed E-state index contributed by atoms with van der Waals surface area (Å²) in [4.78, 5) is 15.3. The Morgan fingerprint density at radius 3 is 1.59 bits per heavy atom. The molecule has 0 fully saturated rings. The van der Waals surface area contributed by atoms with Crippen LogP contribution in [0.5, 0.6) is 0 Å². The van der Waals surface area contributed by atoms with E-state index in [0.717, 1.165) is 72.0 Å². The molecule has 0 amide bonds. The van der Waals surface area contributed by atoms with E-state index >= 15 is 0 Å². The normalized spacial score (nSPS) is 11.3. The number of hydrogen-bond acceptors (Lipinski definition) is 4. The minimum Gasteiger partial charge on any atom is -0.456 e. The number of furan rings is 1. The maximum Gasteiger partial charge on any atom is 0.164 e. The summed E-state index contributed by atoms with van der Waals surface area (Å²) >= 11 is 0. The van der Waals surface area contributed by atoms with Crippen molar-refractivity contribution in [1.82, 2.24) is 15.0 Å². The number of hydrogen-bond donors (Lipinski definition) is 0. The largest absolute Gasteiger partial charge is 0.456 e. The highest BCUT2D eigenvalue weighted by Crippen LogP contribution is 2.35. The lowest BCUT2D eigenvalue weighted by molar-refractivity contribution is 0.669. The van der Waals surface area contributed by atoms with Gasteiger partial charge in [-0.2, -0.15) is 0 Å². The van der Waals surface area contributed by atoms with Gasteiger partial charge in [-0.25, -0.2) is 15.0 Å². The summed E-state index contributed by atoms with van der Waals surface area (Å²) in [5, 5.41) is 2.23. The van der Waals surface area contributed by atoms with Crippen molar-refractivity contribution in [3.8, 4) is 67.5 Å². The summed E-state index contributed by atoms with van der Waals surface area (Å²) in [5.74, 6) is 1.88. The molecule has 2 aromatic heterocycles. The van der Waals surface area contributed by atoms with Gasteiger partial charge in [-0.15, -0.1) is 0 Å². The van der Waals surface area contributed by atoms with Gasteiger partial charge in [-0.1, -0.05) is 152 Å². The van der Waals surface area contributed by atoms with Gasteiger partial charge in [0.1, 0.15) is 11.2 Å². The van der Waals surface area contributed by atoms with E-state index in [9.17, 15) is 0 Å². The second-order valence-electron chi connectivity index (χ2n) is 12.1. The SMILES string of the molecule is c1ccc(-c2cccc(-c3nc(-c4ccc(-c5ccc6oc7ccccc7c6c5)cc4)nc(-c4ccccc4-c4ccccc4)n3)c2)cc1. The molecule has 4 nitrogen and oxygen atoms in total. The van der Waals surface area contributed by atoms with Crippen molar-refractivity contribution < 1.29 is 4.42 Å². The third-order valence-electron chi connectivity index (χ3n) is 8.97. The Balaban J connectivity index is 1.16. The molecule has 2 heterocycles. The van der Waals surface area contributed by atoms with Crippen molar-refractivity contribution in [2.24, 2.45) is 0 Å². The highest BCUT2D eigenvalue weighted by Gasteiger charge is 2.16. The van der Waals surface area contributed by atoms with E-state index in [1.54, 1.807) is 0 Å². The van der Waals surface area contributed by atoms with Gasteiger partial charge >= 0.3 is 0 Å². The number of benzene rings is 7. The van der Waals surface area contributed by atoms with Crippen molar-refractivity contribution in [3.63, 3.8) is 0 Å². The molecule has 0 aliphatic rings. The summed E-state index contributed by atoms with van der Waals surface area (Å²) in [5.41, 5.74) is 11.3. The van der Waals surface area contributed by atoms with E-state index in [1.807, 2.05) is 36.4 Å². The predicted molar refractivity (Wildman–Crippen MR) is 200 cm³/mol. The summed E-state index contributed by atoms with van der Waals surface area (Å²) in [6, 6.07) is 60.5. The fourth-order valence-corrected chi connectivity index (χ4v) is 6.49. The van der Waals surface area contributed by atoms with Crippen molar-refractivity contribution in [3.05, 3.63) is 176 Å². The van der Waals surface area contributed by atoms with Crippen molar-refractivity contribution in [1.29, 1.82) is 0 Å². The molecule has 0 aliphatic heterocycles. The van der Waals surface area contributed by atoms with E-state index in [4.69, 9.17) is 19.4 Å². The number of rotatable bonds is 6. The first-order valence-corrected chi connectivity index (χ1v) is 16.4. The van der Waals surface area contributed by atoms with E-state index in [2.05, 4.69) is 140 Å². The number of aromatic nitrogens is 3. The fourth-order valence-electron chi connectivity index (χ4n) is 6.49. The molecule has 0 bridgehead atoms. The molecule has 0 N–H and O–H groups in total. The summed E-state index contributed by atoms with van der Waals surface area (Å²) < 4.78 is 6.06. The van der Waals surface area contributed by atoms with Gasteiger partial charge < -0.3 is 4.42 Å². The van der Waals surface area contributed by atoms with Gasteiger partial charge in [0, 0.05) is 27.5 Å². The van der Waals surface area contributed by atoms with E-state index in [-0.39, 0.29) is 0 Å². The highest BCUT2D eigenvalue weighted by molar-refractivity contribution is 6.06. The molecule has 0 saturated heterocycles. The molecule has 0 unspecified atom stereocenters. The van der Waals surface area contributed by atoms with Crippen LogP contribution in [0, 0.1) is 0 Å². The van der Waals surface area contributed by atoms with Crippen LogP contribution in [0.4, 0.5) is 0 Å². The fraction of sp³-hybridized carbons (Fsp3) is 0. The van der Waals surface area contributed by atoms with Crippen LogP contribution in [0.2, 0.25) is 0 Å². The van der Waals surface area contributed by atoms with E-state index in [0.29, 0.717) is 17.5 Å². The first-order valence-electron chi connectivity index (χ1n) is 16.4. The van der Waals surface area contributed by atoms with E-state index in [1.165, 1.54) is 0 Å². The molecule has 49 heavy (non-hydrogen) atoms. The number of nitrogens with zero attached hydrogens (tertiary/aromatic N) is 3. The zero-order valence-corrected chi connectivity index (χ0v) is 26.5. The van der Waals surface area contributed by atoms with Gasteiger partial charge in [0.05, 0.1) is 0 Å². The lowest BCUT2D eigenvalue weighted by Gasteiger charge is -2.13. The average Bonchev–Trinajstić information content (AvgIpc) is 3.57. The van der Waals surface area contributed by atoms with Crippen LogP contribution >= 0.6 is 0 Å².